The van der Waals surface area contributed by atoms with Gasteiger partial charge in [-0.05, 0) is 0 Å². The third-order valence-corrected chi connectivity index (χ3v) is 1.24. The number of halogens is 2. The minimum Gasteiger partial charge on any atom is -0.291 e. The van der Waals surface area contributed by atoms with Crippen LogP contribution in [0.1, 0.15) is 29.5 Å². The van der Waals surface area contributed by atoms with Crippen molar-refractivity contribution in [2.75, 3.05) is 0 Å². The highest BCUT2D eigenvalue weighted by atomic mass is 19.3. The lowest BCUT2D eigenvalue weighted by molar-refractivity contribution is 0.100. The summed E-state index contributed by atoms with van der Waals surface area (Å²) in [4.78, 5) is 17.5. The highest BCUT2D eigenvalue weighted by Crippen LogP contribution is 2.15. The van der Waals surface area contributed by atoms with Crippen LogP contribution in [-0.4, -0.2) is 15.8 Å². The highest BCUT2D eigenvalue weighted by Gasteiger charge is 2.09. The summed E-state index contributed by atoms with van der Waals surface area (Å²) in [6, 6.07) is 0. The van der Waals surface area contributed by atoms with E-state index >= 15 is 0 Å². The largest absolute Gasteiger partial charge is 0.291 e. The van der Waals surface area contributed by atoms with Crippen LogP contribution in [0.15, 0.2) is 12.4 Å². The monoisotopic (exact) mass is 172 g/mol. The lowest BCUT2D eigenvalue weighted by atomic mass is 10.3. The molecule has 12 heavy (non-hydrogen) atoms. The van der Waals surface area contributed by atoms with Gasteiger partial charge in [0.2, 0.25) is 0 Å². The lowest BCUT2D eigenvalue weighted by Crippen LogP contribution is -2.01. The second kappa shape index (κ2) is 3.34. The van der Waals surface area contributed by atoms with E-state index in [-0.39, 0.29) is 17.2 Å². The maximum Gasteiger partial charge on any atom is 0.266 e. The van der Waals surface area contributed by atoms with Gasteiger partial charge in [-0.3, -0.25) is 4.79 Å². The lowest BCUT2D eigenvalue weighted by Gasteiger charge is -1.97. The van der Waals surface area contributed by atoms with Crippen molar-refractivity contribution in [3.63, 3.8) is 0 Å². The molecule has 0 saturated heterocycles. The molecular formula is C7H6F2N2O. The summed E-state index contributed by atoms with van der Waals surface area (Å²) in [7, 11) is 0. The Morgan fingerprint density at radius 2 is 1.92 bits per heavy atom. The smallest absolute Gasteiger partial charge is 0.266 e. The van der Waals surface area contributed by atoms with E-state index in [1.165, 1.54) is 6.92 Å². The fourth-order valence-corrected chi connectivity index (χ4v) is 0.633. The molecule has 64 valence electrons. The summed E-state index contributed by atoms with van der Waals surface area (Å²) < 4.78 is 23.9. The van der Waals surface area contributed by atoms with Gasteiger partial charge in [-0.1, -0.05) is 0 Å². The van der Waals surface area contributed by atoms with Gasteiger partial charge in [0.15, 0.2) is 11.6 Å². The zero-order valence-corrected chi connectivity index (χ0v) is 6.29. The molecule has 0 aromatic carbocycles. The maximum atomic E-state index is 11.9. The maximum absolute atomic E-state index is 11.9. The van der Waals surface area contributed by atoms with E-state index in [2.05, 4.69) is 9.97 Å². The summed E-state index contributed by atoms with van der Waals surface area (Å²) in [5.41, 5.74) is -0.278. The average molecular weight is 172 g/mol. The van der Waals surface area contributed by atoms with Crippen LogP contribution in [0, 0.1) is 0 Å². The normalized spacial score (nSPS) is 10.3. The Kier molecular flexibility index (Phi) is 2.42. The quantitative estimate of drug-likeness (QED) is 0.636. The summed E-state index contributed by atoms with van der Waals surface area (Å²) >= 11 is 0. The first kappa shape index (κ1) is 8.70. The van der Waals surface area contributed by atoms with E-state index in [1.54, 1.807) is 0 Å². The summed E-state index contributed by atoms with van der Waals surface area (Å²) in [5.74, 6) is -0.379. The molecule has 0 aliphatic carbocycles. The number of Topliss-reactive ketones (excluding diaryl/α,β-unsaturated/α-hetero) is 1. The molecule has 0 aliphatic heterocycles. The predicted octanol–water partition coefficient (Wildman–Crippen LogP) is 1.62. The number of ketones is 1. The number of carbonyl (C=O) groups excluding carboxylic acids is 1. The number of nitrogens with zero attached hydrogens (tertiary/aromatic N) is 2. The van der Waals surface area contributed by atoms with E-state index in [0.29, 0.717) is 0 Å². The van der Waals surface area contributed by atoms with E-state index in [0.717, 1.165) is 12.4 Å². The molecule has 0 aliphatic rings. The van der Waals surface area contributed by atoms with Crippen LogP contribution in [0.2, 0.25) is 0 Å². The van der Waals surface area contributed by atoms with Crippen molar-refractivity contribution >= 4 is 5.78 Å². The topological polar surface area (TPSA) is 42.9 Å². The van der Waals surface area contributed by atoms with Gasteiger partial charge in [0, 0.05) is 19.3 Å². The van der Waals surface area contributed by atoms with E-state index in [1.807, 2.05) is 0 Å². The molecular weight excluding hydrogens is 166 g/mol. The van der Waals surface area contributed by atoms with Gasteiger partial charge in [0.1, 0.15) is 0 Å². The zero-order valence-electron chi connectivity index (χ0n) is 6.29. The molecule has 0 atom stereocenters. The third kappa shape index (κ3) is 1.81. The van der Waals surface area contributed by atoms with Crippen molar-refractivity contribution < 1.29 is 13.6 Å². The predicted molar refractivity (Wildman–Crippen MR) is 37.0 cm³/mol. The van der Waals surface area contributed by atoms with E-state index in [9.17, 15) is 13.6 Å². The number of hydrogen-bond acceptors (Lipinski definition) is 3. The van der Waals surface area contributed by atoms with Crippen molar-refractivity contribution in [3.05, 3.63) is 23.8 Å². The van der Waals surface area contributed by atoms with Crippen LogP contribution >= 0.6 is 0 Å². The van der Waals surface area contributed by atoms with Crippen LogP contribution < -0.4 is 0 Å². The fourth-order valence-electron chi connectivity index (χ4n) is 0.633. The SMILES string of the molecule is CC(=O)c1ncc(C(F)F)cn1. The molecule has 1 rings (SSSR count). The molecule has 0 fully saturated rings. The first-order chi connectivity index (χ1) is 5.61. The van der Waals surface area contributed by atoms with Gasteiger partial charge in [-0.25, -0.2) is 18.7 Å². The first-order valence-electron chi connectivity index (χ1n) is 3.22. The number of aromatic nitrogens is 2. The number of hydrogen-bond donors (Lipinski definition) is 0. The van der Waals surface area contributed by atoms with Gasteiger partial charge >= 0.3 is 0 Å². The summed E-state index contributed by atoms with van der Waals surface area (Å²) in [6.45, 7) is 1.28. The van der Waals surface area contributed by atoms with Gasteiger partial charge in [-0.15, -0.1) is 0 Å². The van der Waals surface area contributed by atoms with Gasteiger partial charge in [0.05, 0.1) is 5.56 Å². The van der Waals surface area contributed by atoms with Crippen molar-refractivity contribution in [3.8, 4) is 0 Å². The van der Waals surface area contributed by atoms with E-state index in [4.69, 9.17) is 0 Å². The molecule has 3 nitrogen and oxygen atoms in total. The molecule has 0 bridgehead atoms. The Balaban J connectivity index is 2.93. The number of alkyl halides is 2. The highest BCUT2D eigenvalue weighted by molar-refractivity contribution is 5.90. The van der Waals surface area contributed by atoms with Crippen molar-refractivity contribution in [2.24, 2.45) is 0 Å². The molecule has 0 N–H and O–H groups in total. The summed E-state index contributed by atoms with van der Waals surface area (Å²) in [5, 5.41) is 0. The second-order valence-corrected chi connectivity index (χ2v) is 2.20. The van der Waals surface area contributed by atoms with Gasteiger partial charge in [-0.2, -0.15) is 0 Å². The Labute approximate surface area is 67.5 Å². The molecule has 1 aromatic rings. The Morgan fingerprint density at radius 1 is 1.42 bits per heavy atom. The van der Waals surface area contributed by atoms with Crippen molar-refractivity contribution in [1.82, 2.24) is 9.97 Å². The van der Waals surface area contributed by atoms with Crippen LogP contribution in [0.25, 0.3) is 0 Å². The summed E-state index contributed by atoms with van der Waals surface area (Å²) in [6.07, 6.45) is -0.686. The van der Waals surface area contributed by atoms with Gasteiger partial charge in [0.25, 0.3) is 6.43 Å². The average Bonchev–Trinajstić information content (AvgIpc) is 2.04. The molecule has 0 radical (unpaired) electrons. The van der Waals surface area contributed by atoms with Crippen LogP contribution in [0.4, 0.5) is 8.78 Å². The minimum absolute atomic E-state index is 0.0422. The van der Waals surface area contributed by atoms with Crippen LogP contribution in [-0.2, 0) is 0 Å². The fraction of sp³-hybridized carbons (Fsp3) is 0.286. The first-order valence-corrected chi connectivity index (χ1v) is 3.22. The molecule has 5 heteroatoms. The Hall–Kier alpha value is -1.39. The van der Waals surface area contributed by atoms with Gasteiger partial charge < -0.3 is 0 Å². The molecule has 0 amide bonds. The third-order valence-electron chi connectivity index (χ3n) is 1.24. The Bertz CT molecular complexity index is 284. The molecule has 1 aromatic heterocycles. The Morgan fingerprint density at radius 3 is 2.25 bits per heavy atom. The standard InChI is InChI=1S/C7H6F2N2O/c1-4(12)7-10-2-5(3-11-7)6(8)9/h2-3,6H,1H3. The van der Waals surface area contributed by atoms with Crippen LogP contribution in [0.5, 0.6) is 0 Å². The molecule has 1 heterocycles. The number of carbonyl (C=O) groups is 1. The molecule has 0 spiro atoms. The second-order valence-electron chi connectivity index (χ2n) is 2.20. The number of rotatable bonds is 2. The van der Waals surface area contributed by atoms with Crippen LogP contribution in [0.3, 0.4) is 0 Å². The molecule has 0 saturated carbocycles. The van der Waals surface area contributed by atoms with Crippen molar-refractivity contribution in [1.29, 1.82) is 0 Å². The minimum atomic E-state index is -2.59. The van der Waals surface area contributed by atoms with E-state index < -0.39 is 6.43 Å². The van der Waals surface area contributed by atoms with Crippen molar-refractivity contribution in [2.45, 2.75) is 13.3 Å². The molecule has 0 unspecified atom stereocenters. The zero-order chi connectivity index (χ0) is 9.14.